The van der Waals surface area contributed by atoms with Crippen LogP contribution < -0.4 is 0 Å². The Hall–Kier alpha value is -2.08. The molecule has 18 heavy (non-hydrogen) atoms. The molecule has 0 aliphatic heterocycles. The Labute approximate surface area is 106 Å². The van der Waals surface area contributed by atoms with Crippen molar-refractivity contribution in [3.8, 4) is 6.07 Å². The Morgan fingerprint density at radius 2 is 2.28 bits per heavy atom. The predicted molar refractivity (Wildman–Crippen MR) is 69.5 cm³/mol. The van der Waals surface area contributed by atoms with Crippen LogP contribution in [0.3, 0.4) is 0 Å². The fraction of sp³-hybridized carbons (Fsp3) is 0.333. The van der Waals surface area contributed by atoms with Gasteiger partial charge in [0.05, 0.1) is 17.1 Å². The minimum atomic E-state index is 0.0944. The topological polar surface area (TPSA) is 45.8 Å². The molecular formula is C15H14N2O. The van der Waals surface area contributed by atoms with Gasteiger partial charge < -0.3 is 4.57 Å². The van der Waals surface area contributed by atoms with Crippen LogP contribution in [0.2, 0.25) is 0 Å². The predicted octanol–water partition coefficient (Wildman–Crippen LogP) is 3.44. The zero-order valence-corrected chi connectivity index (χ0v) is 10.3. The number of Topliss-reactive ketones (excluding diaryl/α,β-unsaturated/α-hetero) is 1. The number of hydrogen-bond acceptors (Lipinski definition) is 2. The van der Waals surface area contributed by atoms with Gasteiger partial charge in [-0.3, -0.25) is 4.79 Å². The maximum Gasteiger partial charge on any atom is 0.162 e. The van der Waals surface area contributed by atoms with Crippen molar-refractivity contribution in [2.24, 2.45) is 0 Å². The number of benzene rings is 1. The lowest BCUT2D eigenvalue weighted by Gasteiger charge is -2.05. The van der Waals surface area contributed by atoms with Crippen LogP contribution in [0.1, 0.15) is 48.1 Å². The number of nitrogens with zero attached hydrogens (tertiary/aromatic N) is 2. The second-order valence-electron chi connectivity index (χ2n) is 4.80. The van der Waals surface area contributed by atoms with E-state index in [0.717, 1.165) is 10.9 Å². The third kappa shape index (κ3) is 1.62. The van der Waals surface area contributed by atoms with Crippen molar-refractivity contribution >= 4 is 16.7 Å². The molecule has 0 amide bonds. The molecule has 1 aliphatic carbocycles. The van der Waals surface area contributed by atoms with E-state index in [2.05, 4.69) is 10.6 Å². The lowest BCUT2D eigenvalue weighted by atomic mass is 10.0. The zero-order valence-electron chi connectivity index (χ0n) is 10.3. The SMILES string of the molecule is CCC(=O)c1cc(C#N)c2ccn(C3CC3)c2c1. The number of aromatic nitrogens is 1. The normalized spacial score (nSPS) is 14.7. The van der Waals surface area contributed by atoms with Gasteiger partial charge >= 0.3 is 0 Å². The summed E-state index contributed by atoms with van der Waals surface area (Å²) in [6, 6.07) is 8.38. The van der Waals surface area contributed by atoms with E-state index in [1.165, 1.54) is 12.8 Å². The van der Waals surface area contributed by atoms with E-state index in [9.17, 15) is 10.1 Å². The van der Waals surface area contributed by atoms with Crippen molar-refractivity contribution in [1.82, 2.24) is 4.57 Å². The van der Waals surface area contributed by atoms with Gasteiger partial charge in [0, 0.05) is 29.6 Å². The maximum absolute atomic E-state index is 11.8. The van der Waals surface area contributed by atoms with Gasteiger partial charge in [0.25, 0.3) is 0 Å². The molecule has 0 spiro atoms. The third-order valence-corrected chi connectivity index (χ3v) is 3.54. The Morgan fingerprint density at radius 1 is 1.50 bits per heavy atom. The minimum Gasteiger partial charge on any atom is -0.344 e. The average molecular weight is 238 g/mol. The summed E-state index contributed by atoms with van der Waals surface area (Å²) in [5.74, 6) is 0.0944. The third-order valence-electron chi connectivity index (χ3n) is 3.54. The molecule has 90 valence electrons. The highest BCUT2D eigenvalue weighted by molar-refractivity contribution is 6.01. The van der Waals surface area contributed by atoms with Gasteiger partial charge in [0.1, 0.15) is 0 Å². The first-order chi connectivity index (χ1) is 8.74. The molecule has 0 N–H and O–H groups in total. The Bertz CT molecular complexity index is 672. The van der Waals surface area contributed by atoms with Crippen LogP contribution in [-0.4, -0.2) is 10.4 Å². The molecule has 0 saturated heterocycles. The lowest BCUT2D eigenvalue weighted by Crippen LogP contribution is -1.99. The zero-order chi connectivity index (χ0) is 12.7. The van der Waals surface area contributed by atoms with Crippen molar-refractivity contribution in [3.63, 3.8) is 0 Å². The molecule has 3 heteroatoms. The van der Waals surface area contributed by atoms with Crippen molar-refractivity contribution in [2.75, 3.05) is 0 Å². The summed E-state index contributed by atoms with van der Waals surface area (Å²) in [7, 11) is 0. The molecule has 3 nitrogen and oxygen atoms in total. The largest absolute Gasteiger partial charge is 0.344 e. The highest BCUT2D eigenvalue weighted by atomic mass is 16.1. The Morgan fingerprint density at radius 3 is 2.89 bits per heavy atom. The molecule has 2 aromatic rings. The van der Waals surface area contributed by atoms with Gasteiger partial charge in [-0.1, -0.05) is 6.92 Å². The molecule has 1 saturated carbocycles. The van der Waals surface area contributed by atoms with Crippen LogP contribution in [-0.2, 0) is 0 Å². The fourth-order valence-corrected chi connectivity index (χ4v) is 2.39. The molecular weight excluding hydrogens is 224 g/mol. The Kier molecular flexibility index (Phi) is 2.45. The summed E-state index contributed by atoms with van der Waals surface area (Å²) in [5, 5.41) is 10.2. The Balaban J connectivity index is 2.25. The number of ketones is 1. The van der Waals surface area contributed by atoms with Crippen LogP contribution in [0.5, 0.6) is 0 Å². The van der Waals surface area contributed by atoms with Crippen molar-refractivity contribution in [3.05, 3.63) is 35.5 Å². The summed E-state index contributed by atoms with van der Waals surface area (Å²) in [6.45, 7) is 1.85. The summed E-state index contributed by atoms with van der Waals surface area (Å²) < 4.78 is 2.20. The van der Waals surface area contributed by atoms with E-state index in [1.54, 1.807) is 6.07 Å². The fourth-order valence-electron chi connectivity index (χ4n) is 2.39. The monoisotopic (exact) mass is 238 g/mol. The molecule has 0 bridgehead atoms. The van der Waals surface area contributed by atoms with Gasteiger partial charge in [0.2, 0.25) is 0 Å². The molecule has 1 aliphatic rings. The van der Waals surface area contributed by atoms with Crippen LogP contribution in [0.15, 0.2) is 24.4 Å². The van der Waals surface area contributed by atoms with E-state index in [-0.39, 0.29) is 5.78 Å². The molecule has 0 unspecified atom stereocenters. The number of hydrogen-bond donors (Lipinski definition) is 0. The average Bonchev–Trinajstić information content (AvgIpc) is 3.16. The number of fused-ring (bicyclic) bond motifs is 1. The molecule has 1 aromatic carbocycles. The quantitative estimate of drug-likeness (QED) is 0.769. The van der Waals surface area contributed by atoms with Gasteiger partial charge in [-0.15, -0.1) is 0 Å². The summed E-state index contributed by atoms with van der Waals surface area (Å²) in [4.78, 5) is 11.8. The van der Waals surface area contributed by atoms with Crippen molar-refractivity contribution in [1.29, 1.82) is 5.26 Å². The van der Waals surface area contributed by atoms with E-state index in [0.29, 0.717) is 23.6 Å². The number of nitriles is 1. The molecule has 0 atom stereocenters. The summed E-state index contributed by atoms with van der Waals surface area (Å²) in [6.07, 6.45) is 4.89. The molecule has 3 rings (SSSR count). The van der Waals surface area contributed by atoms with E-state index >= 15 is 0 Å². The van der Waals surface area contributed by atoms with Gasteiger partial charge in [-0.2, -0.15) is 5.26 Å². The molecule has 1 fully saturated rings. The molecule has 1 heterocycles. The first-order valence-corrected chi connectivity index (χ1v) is 6.32. The maximum atomic E-state index is 11.8. The minimum absolute atomic E-state index is 0.0944. The highest BCUT2D eigenvalue weighted by Crippen LogP contribution is 2.38. The summed E-state index contributed by atoms with van der Waals surface area (Å²) in [5.41, 5.74) is 2.28. The van der Waals surface area contributed by atoms with E-state index in [4.69, 9.17) is 0 Å². The standard InChI is InChI=1S/C15H14N2O/c1-2-15(18)10-7-11(9-16)13-5-6-17(12-3-4-12)14(13)8-10/h5-8,12H,2-4H2,1H3. The van der Waals surface area contributed by atoms with Crippen LogP contribution in [0, 0.1) is 11.3 Å². The van der Waals surface area contributed by atoms with E-state index < -0.39 is 0 Å². The van der Waals surface area contributed by atoms with Crippen molar-refractivity contribution < 1.29 is 4.79 Å². The smallest absolute Gasteiger partial charge is 0.162 e. The second-order valence-corrected chi connectivity index (χ2v) is 4.80. The van der Waals surface area contributed by atoms with Gasteiger partial charge in [-0.05, 0) is 31.0 Å². The molecule has 0 radical (unpaired) electrons. The first kappa shape index (κ1) is 11.0. The summed E-state index contributed by atoms with van der Waals surface area (Å²) >= 11 is 0. The number of carbonyl (C=O) groups excluding carboxylic acids is 1. The molecule has 1 aromatic heterocycles. The van der Waals surface area contributed by atoms with Crippen LogP contribution in [0.25, 0.3) is 10.9 Å². The van der Waals surface area contributed by atoms with Crippen LogP contribution >= 0.6 is 0 Å². The van der Waals surface area contributed by atoms with Crippen molar-refractivity contribution in [2.45, 2.75) is 32.2 Å². The second kappa shape index (κ2) is 3.99. The van der Waals surface area contributed by atoms with Gasteiger partial charge in [0.15, 0.2) is 5.78 Å². The highest BCUT2D eigenvalue weighted by Gasteiger charge is 2.25. The number of rotatable bonds is 3. The van der Waals surface area contributed by atoms with E-state index in [1.807, 2.05) is 25.3 Å². The van der Waals surface area contributed by atoms with Gasteiger partial charge in [-0.25, -0.2) is 0 Å². The lowest BCUT2D eigenvalue weighted by molar-refractivity contribution is 0.0988. The number of carbonyl (C=O) groups is 1. The van der Waals surface area contributed by atoms with Crippen LogP contribution in [0.4, 0.5) is 0 Å². The first-order valence-electron chi connectivity index (χ1n) is 6.32.